The maximum absolute atomic E-state index is 8.95. The van der Waals surface area contributed by atoms with Crippen molar-refractivity contribution in [2.24, 2.45) is 0 Å². The summed E-state index contributed by atoms with van der Waals surface area (Å²) >= 11 is 5.17. The van der Waals surface area contributed by atoms with Gasteiger partial charge >= 0.3 is 0 Å². The third-order valence-corrected chi connectivity index (χ3v) is 2.80. The maximum Gasteiger partial charge on any atom is 0.171 e. The van der Waals surface area contributed by atoms with Crippen LogP contribution in [-0.2, 0) is 6.42 Å². The minimum Gasteiger partial charge on any atom is -0.362 e. The number of nitriles is 1. The highest BCUT2D eigenvalue weighted by molar-refractivity contribution is 7.80. The van der Waals surface area contributed by atoms with Gasteiger partial charge in [0, 0.05) is 31.1 Å². The van der Waals surface area contributed by atoms with Crippen LogP contribution in [0.1, 0.15) is 11.3 Å². The van der Waals surface area contributed by atoms with Gasteiger partial charge in [-0.25, -0.2) is 4.98 Å². The van der Waals surface area contributed by atoms with Crippen molar-refractivity contribution in [2.75, 3.05) is 11.9 Å². The molecule has 0 aromatic carbocycles. The molecule has 5 nitrogen and oxygen atoms in total. The number of aromatic nitrogens is 2. The van der Waals surface area contributed by atoms with Gasteiger partial charge in [-0.3, -0.25) is 4.98 Å². The number of hydrogen-bond acceptors (Lipinski definition) is 4. The largest absolute Gasteiger partial charge is 0.362 e. The molecule has 2 N–H and O–H groups in total. The first kappa shape index (κ1) is 13.9. The molecule has 2 rings (SSSR count). The highest BCUT2D eigenvalue weighted by Gasteiger charge is 2.04. The lowest BCUT2D eigenvalue weighted by molar-refractivity contribution is 0.847. The Balaban J connectivity index is 1.83. The Labute approximate surface area is 122 Å². The average Bonchev–Trinajstić information content (AvgIpc) is 2.49. The Morgan fingerprint density at radius 1 is 1.20 bits per heavy atom. The van der Waals surface area contributed by atoms with Crippen LogP contribution in [0.5, 0.6) is 0 Å². The fourth-order valence-electron chi connectivity index (χ4n) is 1.60. The SMILES string of the molecule is N#Cc1cccnc1NC(=S)NCCc1ccccn1. The van der Waals surface area contributed by atoms with Crippen molar-refractivity contribution in [1.82, 2.24) is 15.3 Å². The first-order valence-corrected chi connectivity index (χ1v) is 6.50. The molecule has 0 bridgehead atoms. The number of nitrogens with zero attached hydrogens (tertiary/aromatic N) is 3. The van der Waals surface area contributed by atoms with Gasteiger partial charge in [0.25, 0.3) is 0 Å². The van der Waals surface area contributed by atoms with Crippen LogP contribution in [-0.4, -0.2) is 21.6 Å². The summed E-state index contributed by atoms with van der Waals surface area (Å²) in [5.74, 6) is 0.463. The summed E-state index contributed by atoms with van der Waals surface area (Å²) in [5.41, 5.74) is 1.46. The van der Waals surface area contributed by atoms with Crippen molar-refractivity contribution in [3.05, 3.63) is 54.0 Å². The zero-order valence-electron chi connectivity index (χ0n) is 10.7. The number of pyridine rings is 2. The van der Waals surface area contributed by atoms with Gasteiger partial charge in [-0.1, -0.05) is 6.07 Å². The normalized spacial score (nSPS) is 9.55. The van der Waals surface area contributed by atoms with Crippen LogP contribution in [0.4, 0.5) is 5.82 Å². The molecule has 0 atom stereocenters. The first-order valence-electron chi connectivity index (χ1n) is 6.09. The van der Waals surface area contributed by atoms with Crippen molar-refractivity contribution < 1.29 is 0 Å². The van der Waals surface area contributed by atoms with E-state index in [-0.39, 0.29) is 0 Å². The van der Waals surface area contributed by atoms with Gasteiger partial charge in [-0.15, -0.1) is 0 Å². The predicted molar refractivity (Wildman–Crippen MR) is 81.1 cm³/mol. The molecule has 0 amide bonds. The molecule has 0 radical (unpaired) electrons. The smallest absolute Gasteiger partial charge is 0.171 e. The van der Waals surface area contributed by atoms with Gasteiger partial charge < -0.3 is 10.6 Å². The minimum absolute atomic E-state index is 0.441. The van der Waals surface area contributed by atoms with Crippen LogP contribution in [0.25, 0.3) is 0 Å². The fraction of sp³-hybridized carbons (Fsp3) is 0.143. The zero-order chi connectivity index (χ0) is 14.2. The minimum atomic E-state index is 0.441. The van der Waals surface area contributed by atoms with E-state index in [2.05, 4.69) is 26.7 Å². The van der Waals surface area contributed by atoms with Gasteiger partial charge in [0.15, 0.2) is 5.11 Å². The summed E-state index contributed by atoms with van der Waals surface area (Å²) in [6.07, 6.45) is 4.15. The second-order valence-electron chi connectivity index (χ2n) is 3.96. The molecule has 2 aromatic heterocycles. The molecule has 0 saturated heterocycles. The second-order valence-corrected chi connectivity index (χ2v) is 4.37. The average molecular weight is 283 g/mol. The van der Waals surface area contributed by atoms with E-state index >= 15 is 0 Å². The van der Waals surface area contributed by atoms with E-state index in [1.54, 1.807) is 24.5 Å². The monoisotopic (exact) mass is 283 g/mol. The second kappa shape index (κ2) is 7.16. The number of hydrogen-bond donors (Lipinski definition) is 2. The first-order chi connectivity index (χ1) is 9.79. The molecule has 0 aliphatic heterocycles. The molecule has 0 fully saturated rings. The molecule has 0 saturated carbocycles. The van der Waals surface area contributed by atoms with E-state index in [0.717, 1.165) is 12.1 Å². The Kier molecular flexibility index (Phi) is 4.98. The molecule has 6 heteroatoms. The maximum atomic E-state index is 8.95. The molecule has 20 heavy (non-hydrogen) atoms. The number of rotatable bonds is 4. The van der Waals surface area contributed by atoms with Crippen LogP contribution in [0, 0.1) is 11.3 Å². The van der Waals surface area contributed by atoms with Crippen molar-refractivity contribution in [3.8, 4) is 6.07 Å². The van der Waals surface area contributed by atoms with E-state index in [4.69, 9.17) is 17.5 Å². The highest BCUT2D eigenvalue weighted by atomic mass is 32.1. The molecule has 2 heterocycles. The summed E-state index contributed by atoms with van der Waals surface area (Å²) in [5, 5.41) is 15.4. The summed E-state index contributed by atoms with van der Waals surface area (Å²) in [6, 6.07) is 11.3. The molecule has 100 valence electrons. The predicted octanol–water partition coefficient (Wildman–Crippen LogP) is 1.88. The van der Waals surface area contributed by atoms with Crippen LogP contribution >= 0.6 is 12.2 Å². The lowest BCUT2D eigenvalue weighted by Crippen LogP contribution is -2.30. The standard InChI is InChI=1S/C14H13N5S/c15-10-11-4-3-8-17-13(11)19-14(20)18-9-6-12-5-1-2-7-16-12/h1-5,7-8H,6,9H2,(H2,17,18,19,20). The van der Waals surface area contributed by atoms with E-state index in [0.29, 0.717) is 23.0 Å². The Hall–Kier alpha value is -2.52. The molecule has 2 aromatic rings. The lowest BCUT2D eigenvalue weighted by Gasteiger charge is -2.10. The Morgan fingerprint density at radius 2 is 2.05 bits per heavy atom. The van der Waals surface area contributed by atoms with Crippen LogP contribution in [0.15, 0.2) is 42.7 Å². The topological polar surface area (TPSA) is 73.6 Å². The van der Waals surface area contributed by atoms with Crippen molar-refractivity contribution in [1.29, 1.82) is 5.26 Å². The third-order valence-electron chi connectivity index (χ3n) is 2.55. The molecular formula is C14H13N5S. The summed E-state index contributed by atoms with van der Waals surface area (Å²) in [6.45, 7) is 0.664. The van der Waals surface area contributed by atoms with Gasteiger partial charge in [0.05, 0.1) is 5.56 Å². The van der Waals surface area contributed by atoms with E-state index < -0.39 is 0 Å². The molecular weight excluding hydrogens is 270 g/mol. The van der Waals surface area contributed by atoms with Gasteiger partial charge in [0.2, 0.25) is 0 Å². The lowest BCUT2D eigenvalue weighted by atomic mass is 10.3. The molecule has 0 unspecified atom stereocenters. The van der Waals surface area contributed by atoms with Crippen molar-refractivity contribution in [2.45, 2.75) is 6.42 Å². The number of anilines is 1. The van der Waals surface area contributed by atoms with Crippen LogP contribution in [0.3, 0.4) is 0 Å². The molecule has 0 aliphatic rings. The summed E-state index contributed by atoms with van der Waals surface area (Å²) in [4.78, 5) is 8.31. The highest BCUT2D eigenvalue weighted by Crippen LogP contribution is 2.09. The third kappa shape index (κ3) is 4.00. The van der Waals surface area contributed by atoms with Gasteiger partial charge in [0.1, 0.15) is 11.9 Å². The van der Waals surface area contributed by atoms with E-state index in [1.807, 2.05) is 18.2 Å². The fourth-order valence-corrected chi connectivity index (χ4v) is 1.80. The van der Waals surface area contributed by atoms with Crippen LogP contribution in [0.2, 0.25) is 0 Å². The molecule has 0 aliphatic carbocycles. The Morgan fingerprint density at radius 3 is 2.80 bits per heavy atom. The quantitative estimate of drug-likeness (QED) is 0.835. The van der Waals surface area contributed by atoms with Gasteiger partial charge in [-0.2, -0.15) is 5.26 Å². The van der Waals surface area contributed by atoms with Crippen LogP contribution < -0.4 is 10.6 Å². The number of thiocarbonyl (C=S) groups is 1. The summed E-state index contributed by atoms with van der Waals surface area (Å²) < 4.78 is 0. The van der Waals surface area contributed by atoms with E-state index in [9.17, 15) is 0 Å². The van der Waals surface area contributed by atoms with E-state index in [1.165, 1.54) is 0 Å². The van der Waals surface area contributed by atoms with Crippen molar-refractivity contribution in [3.63, 3.8) is 0 Å². The number of nitrogens with one attached hydrogen (secondary N) is 2. The van der Waals surface area contributed by atoms with Crippen molar-refractivity contribution >= 4 is 23.1 Å². The Bertz CT molecular complexity index is 621. The molecule has 0 spiro atoms. The van der Waals surface area contributed by atoms with Gasteiger partial charge in [-0.05, 0) is 36.5 Å². The summed E-state index contributed by atoms with van der Waals surface area (Å²) in [7, 11) is 0. The zero-order valence-corrected chi connectivity index (χ0v) is 11.5.